The maximum Gasteiger partial charge on any atom is 0.123 e. The third-order valence-corrected chi connectivity index (χ3v) is 5.56. The molecule has 1 heteroatoms. The predicted octanol–water partition coefficient (Wildman–Crippen LogP) is 6.74. The highest BCUT2D eigenvalue weighted by molar-refractivity contribution is 5.80. The van der Waals surface area contributed by atoms with Gasteiger partial charge in [-0.25, -0.2) is 4.39 Å². The van der Waals surface area contributed by atoms with Crippen LogP contribution in [0, 0.1) is 5.82 Å². The fourth-order valence-electron chi connectivity index (χ4n) is 3.73. The fraction of sp³-hybridized carbons (Fsp3) is 0.391. The summed E-state index contributed by atoms with van der Waals surface area (Å²) in [6.45, 7) is 11.5. The zero-order valence-electron chi connectivity index (χ0n) is 15.4. The first-order valence-corrected chi connectivity index (χ1v) is 8.78. The van der Waals surface area contributed by atoms with Crippen LogP contribution in [0.2, 0.25) is 0 Å². The standard InChI is InChI=1S/C23H27F/c1-16(14-17-6-9-19(24)10-7-17)18-8-11-20-21(15-18)23(4,5)13-12-22(20,2)3/h6-11,14-15H,12-13H2,1-5H3/b16-14-. The van der Waals surface area contributed by atoms with Crippen LogP contribution < -0.4 is 0 Å². The minimum absolute atomic E-state index is 0.192. The minimum Gasteiger partial charge on any atom is -0.207 e. The number of benzene rings is 2. The smallest absolute Gasteiger partial charge is 0.123 e. The van der Waals surface area contributed by atoms with Crippen molar-refractivity contribution in [2.45, 2.75) is 58.3 Å². The molecule has 0 saturated carbocycles. The van der Waals surface area contributed by atoms with E-state index in [1.165, 1.54) is 47.2 Å². The number of hydrogen-bond donors (Lipinski definition) is 0. The van der Waals surface area contributed by atoms with Crippen molar-refractivity contribution in [3.63, 3.8) is 0 Å². The summed E-state index contributed by atoms with van der Waals surface area (Å²) in [5.74, 6) is -0.192. The first-order chi connectivity index (χ1) is 11.2. The molecule has 2 aromatic rings. The van der Waals surface area contributed by atoms with E-state index in [-0.39, 0.29) is 16.6 Å². The molecule has 0 nitrogen and oxygen atoms in total. The lowest BCUT2D eigenvalue weighted by molar-refractivity contribution is 0.332. The molecule has 0 unspecified atom stereocenters. The van der Waals surface area contributed by atoms with Crippen molar-refractivity contribution in [1.82, 2.24) is 0 Å². The molecule has 2 aromatic carbocycles. The van der Waals surface area contributed by atoms with Gasteiger partial charge in [0, 0.05) is 0 Å². The number of halogens is 1. The van der Waals surface area contributed by atoms with E-state index >= 15 is 0 Å². The van der Waals surface area contributed by atoms with E-state index in [1.807, 2.05) is 12.1 Å². The Bertz CT molecular complexity index is 776. The van der Waals surface area contributed by atoms with Crippen LogP contribution in [0.15, 0.2) is 42.5 Å². The van der Waals surface area contributed by atoms with Gasteiger partial charge in [0.2, 0.25) is 0 Å². The van der Waals surface area contributed by atoms with Gasteiger partial charge in [-0.1, -0.05) is 64.1 Å². The van der Waals surface area contributed by atoms with Crippen molar-refractivity contribution < 1.29 is 4.39 Å². The van der Waals surface area contributed by atoms with E-state index in [4.69, 9.17) is 0 Å². The average Bonchev–Trinajstić information content (AvgIpc) is 2.54. The summed E-state index contributed by atoms with van der Waals surface area (Å²) in [5, 5.41) is 0. The van der Waals surface area contributed by atoms with Crippen LogP contribution in [0.4, 0.5) is 4.39 Å². The maximum absolute atomic E-state index is 13.1. The average molecular weight is 322 g/mol. The molecule has 0 N–H and O–H groups in total. The summed E-state index contributed by atoms with van der Waals surface area (Å²) in [7, 11) is 0. The van der Waals surface area contributed by atoms with E-state index in [0.29, 0.717) is 0 Å². The lowest BCUT2D eigenvalue weighted by Gasteiger charge is -2.42. The minimum atomic E-state index is -0.192. The Morgan fingerprint density at radius 3 is 2.08 bits per heavy atom. The van der Waals surface area contributed by atoms with Crippen LogP contribution >= 0.6 is 0 Å². The second kappa shape index (κ2) is 5.88. The van der Waals surface area contributed by atoms with Gasteiger partial charge in [0.05, 0.1) is 0 Å². The van der Waals surface area contributed by atoms with Crippen molar-refractivity contribution >= 4 is 11.6 Å². The Hall–Kier alpha value is -1.89. The van der Waals surface area contributed by atoms with Gasteiger partial charge >= 0.3 is 0 Å². The monoisotopic (exact) mass is 322 g/mol. The quantitative estimate of drug-likeness (QED) is 0.537. The lowest BCUT2D eigenvalue weighted by Crippen LogP contribution is -2.33. The maximum atomic E-state index is 13.1. The highest BCUT2D eigenvalue weighted by atomic mass is 19.1. The van der Waals surface area contributed by atoms with Crippen LogP contribution in [0.1, 0.15) is 69.7 Å². The van der Waals surface area contributed by atoms with Gasteiger partial charge in [-0.2, -0.15) is 0 Å². The normalized spacial score (nSPS) is 19.0. The van der Waals surface area contributed by atoms with Crippen LogP contribution in [0.25, 0.3) is 11.6 Å². The summed E-state index contributed by atoms with van der Waals surface area (Å²) in [4.78, 5) is 0. The van der Waals surface area contributed by atoms with Crippen molar-refractivity contribution in [3.8, 4) is 0 Å². The highest BCUT2D eigenvalue weighted by Crippen LogP contribution is 2.46. The molecular weight excluding hydrogens is 295 g/mol. The Labute approximate surface area is 145 Å². The van der Waals surface area contributed by atoms with Crippen LogP contribution in [-0.2, 0) is 10.8 Å². The summed E-state index contributed by atoms with van der Waals surface area (Å²) in [5.41, 5.74) is 6.92. The molecule has 0 saturated heterocycles. The van der Waals surface area contributed by atoms with Crippen molar-refractivity contribution in [2.24, 2.45) is 0 Å². The molecule has 0 spiro atoms. The number of rotatable bonds is 2. The zero-order valence-corrected chi connectivity index (χ0v) is 15.4. The zero-order chi connectivity index (χ0) is 17.5. The third-order valence-electron chi connectivity index (χ3n) is 5.56. The number of fused-ring (bicyclic) bond motifs is 1. The lowest BCUT2D eigenvalue weighted by atomic mass is 9.63. The number of allylic oxidation sites excluding steroid dienone is 1. The number of hydrogen-bond acceptors (Lipinski definition) is 0. The molecule has 1 aliphatic carbocycles. The van der Waals surface area contributed by atoms with Gasteiger partial charge < -0.3 is 0 Å². The molecule has 0 atom stereocenters. The Morgan fingerprint density at radius 2 is 1.46 bits per heavy atom. The van der Waals surface area contributed by atoms with Crippen LogP contribution in [0.5, 0.6) is 0 Å². The Morgan fingerprint density at radius 1 is 0.875 bits per heavy atom. The van der Waals surface area contributed by atoms with Gasteiger partial charge in [0.15, 0.2) is 0 Å². The van der Waals surface area contributed by atoms with Crippen molar-refractivity contribution in [1.29, 1.82) is 0 Å². The van der Waals surface area contributed by atoms with Gasteiger partial charge in [-0.15, -0.1) is 0 Å². The second-order valence-electron chi connectivity index (χ2n) is 8.41. The molecule has 0 amide bonds. The molecule has 3 rings (SSSR count). The molecule has 24 heavy (non-hydrogen) atoms. The van der Waals surface area contributed by atoms with Crippen molar-refractivity contribution in [3.05, 3.63) is 70.5 Å². The van der Waals surface area contributed by atoms with Crippen molar-refractivity contribution in [2.75, 3.05) is 0 Å². The summed E-state index contributed by atoms with van der Waals surface area (Å²) in [6.07, 6.45) is 4.58. The molecule has 0 heterocycles. The topological polar surface area (TPSA) is 0 Å². The summed E-state index contributed by atoms with van der Waals surface area (Å²) >= 11 is 0. The molecule has 1 aliphatic rings. The van der Waals surface area contributed by atoms with E-state index in [2.05, 4.69) is 58.9 Å². The Balaban J connectivity index is 2.03. The van der Waals surface area contributed by atoms with E-state index < -0.39 is 0 Å². The van der Waals surface area contributed by atoms with E-state index in [9.17, 15) is 4.39 Å². The SMILES string of the molecule is C/C(=C/c1ccc(F)cc1)c1ccc2c(c1)C(C)(C)CCC2(C)C. The van der Waals surface area contributed by atoms with Gasteiger partial charge in [0.25, 0.3) is 0 Å². The first kappa shape index (κ1) is 17.0. The molecule has 126 valence electrons. The molecular formula is C23H27F. The molecule has 0 bridgehead atoms. The molecule has 0 fully saturated rings. The van der Waals surface area contributed by atoms with Gasteiger partial charge in [-0.3, -0.25) is 0 Å². The second-order valence-corrected chi connectivity index (χ2v) is 8.41. The highest BCUT2D eigenvalue weighted by Gasteiger charge is 2.36. The third kappa shape index (κ3) is 3.17. The van der Waals surface area contributed by atoms with Crippen LogP contribution in [-0.4, -0.2) is 0 Å². The van der Waals surface area contributed by atoms with Crippen LogP contribution in [0.3, 0.4) is 0 Å². The fourth-order valence-corrected chi connectivity index (χ4v) is 3.73. The van der Waals surface area contributed by atoms with Gasteiger partial charge in [0.1, 0.15) is 5.82 Å². The van der Waals surface area contributed by atoms with E-state index in [0.717, 1.165) is 5.56 Å². The molecule has 0 radical (unpaired) electrons. The molecule has 0 aromatic heterocycles. The summed E-state index contributed by atoms with van der Waals surface area (Å²) in [6, 6.07) is 13.6. The predicted molar refractivity (Wildman–Crippen MR) is 102 cm³/mol. The Kier molecular flexibility index (Phi) is 4.15. The first-order valence-electron chi connectivity index (χ1n) is 8.78. The summed E-state index contributed by atoms with van der Waals surface area (Å²) < 4.78 is 13.1. The molecule has 0 aliphatic heterocycles. The van der Waals surface area contributed by atoms with E-state index in [1.54, 1.807) is 0 Å². The largest absolute Gasteiger partial charge is 0.207 e. The van der Waals surface area contributed by atoms with Gasteiger partial charge in [-0.05, 0) is 70.6 Å².